The molecule has 0 radical (unpaired) electrons. The molecule has 2 N–H and O–H groups in total. The first-order valence-electron chi connectivity index (χ1n) is 7.33. The van der Waals surface area contributed by atoms with E-state index in [4.69, 9.17) is 21.1 Å². The smallest absolute Gasteiger partial charge is 0.243 e. The summed E-state index contributed by atoms with van der Waals surface area (Å²) in [5.41, 5.74) is 1.35. The SMILES string of the molecule is CCOc1c(Br)cc(Cl)cc1NCC(=O)Nc1ccc(OC)cc1. The minimum atomic E-state index is -0.182. The lowest BCUT2D eigenvalue weighted by atomic mass is 10.2. The predicted octanol–water partition coefficient (Wildman–Crippen LogP) is 4.56. The summed E-state index contributed by atoms with van der Waals surface area (Å²) in [7, 11) is 1.59. The maximum Gasteiger partial charge on any atom is 0.243 e. The molecule has 2 rings (SSSR count). The summed E-state index contributed by atoms with van der Waals surface area (Å²) >= 11 is 9.47. The average molecular weight is 414 g/mol. The largest absolute Gasteiger partial charge is 0.497 e. The molecule has 0 bridgehead atoms. The van der Waals surface area contributed by atoms with E-state index in [1.165, 1.54) is 0 Å². The molecule has 0 fully saturated rings. The van der Waals surface area contributed by atoms with Gasteiger partial charge in [0.2, 0.25) is 5.91 Å². The molecule has 0 aliphatic carbocycles. The van der Waals surface area contributed by atoms with Crippen molar-refractivity contribution < 1.29 is 14.3 Å². The third kappa shape index (κ3) is 5.04. The van der Waals surface area contributed by atoms with Crippen molar-refractivity contribution in [3.8, 4) is 11.5 Å². The van der Waals surface area contributed by atoms with Crippen molar-refractivity contribution >= 4 is 44.8 Å². The van der Waals surface area contributed by atoms with Gasteiger partial charge in [-0.3, -0.25) is 4.79 Å². The van der Waals surface area contributed by atoms with Crippen LogP contribution < -0.4 is 20.1 Å². The van der Waals surface area contributed by atoms with Gasteiger partial charge in [-0.15, -0.1) is 0 Å². The number of amides is 1. The van der Waals surface area contributed by atoms with Crippen LogP contribution in [-0.4, -0.2) is 26.2 Å². The number of benzene rings is 2. The van der Waals surface area contributed by atoms with E-state index in [0.717, 1.165) is 10.2 Å². The molecule has 2 aromatic rings. The highest BCUT2D eigenvalue weighted by molar-refractivity contribution is 9.10. The molecule has 2 aromatic carbocycles. The van der Waals surface area contributed by atoms with E-state index >= 15 is 0 Å². The number of carbonyl (C=O) groups excluding carboxylic acids is 1. The summed E-state index contributed by atoms with van der Waals surface area (Å²) < 4.78 is 11.4. The van der Waals surface area contributed by atoms with Gasteiger partial charge in [-0.1, -0.05) is 11.6 Å². The second-order valence-electron chi connectivity index (χ2n) is 4.83. The van der Waals surface area contributed by atoms with Gasteiger partial charge in [0.1, 0.15) is 5.75 Å². The molecule has 0 heterocycles. The highest BCUT2D eigenvalue weighted by Crippen LogP contribution is 2.36. The number of ether oxygens (including phenoxy) is 2. The predicted molar refractivity (Wildman–Crippen MR) is 100 cm³/mol. The lowest BCUT2D eigenvalue weighted by molar-refractivity contribution is -0.114. The summed E-state index contributed by atoms with van der Waals surface area (Å²) in [4.78, 5) is 12.1. The van der Waals surface area contributed by atoms with Crippen molar-refractivity contribution in [2.75, 3.05) is 30.9 Å². The topological polar surface area (TPSA) is 59.6 Å². The third-order valence-corrected chi connectivity index (χ3v) is 3.92. The summed E-state index contributed by atoms with van der Waals surface area (Å²) in [5, 5.41) is 6.39. The average Bonchev–Trinajstić information content (AvgIpc) is 2.56. The van der Waals surface area contributed by atoms with Gasteiger partial charge < -0.3 is 20.1 Å². The zero-order valence-electron chi connectivity index (χ0n) is 13.4. The molecule has 5 nitrogen and oxygen atoms in total. The Hall–Kier alpha value is -1.92. The monoisotopic (exact) mass is 412 g/mol. The molecule has 7 heteroatoms. The zero-order chi connectivity index (χ0) is 17.5. The van der Waals surface area contributed by atoms with Crippen LogP contribution in [0.25, 0.3) is 0 Å². The van der Waals surface area contributed by atoms with Crippen LogP contribution in [0.4, 0.5) is 11.4 Å². The maximum absolute atomic E-state index is 12.1. The van der Waals surface area contributed by atoms with Crippen LogP contribution >= 0.6 is 27.5 Å². The summed E-state index contributed by atoms with van der Waals surface area (Å²) in [6.07, 6.45) is 0. The van der Waals surface area contributed by atoms with Crippen LogP contribution in [0.3, 0.4) is 0 Å². The van der Waals surface area contributed by atoms with Gasteiger partial charge in [-0.25, -0.2) is 0 Å². The molecule has 0 aromatic heterocycles. The summed E-state index contributed by atoms with van der Waals surface area (Å²) in [6, 6.07) is 10.6. The first kappa shape index (κ1) is 18.4. The van der Waals surface area contributed by atoms with Gasteiger partial charge in [0.15, 0.2) is 5.75 Å². The Morgan fingerprint density at radius 2 is 1.96 bits per heavy atom. The molecule has 0 aliphatic heterocycles. The van der Waals surface area contributed by atoms with Crippen molar-refractivity contribution in [3.05, 3.63) is 45.9 Å². The number of hydrogen-bond acceptors (Lipinski definition) is 4. The fourth-order valence-electron chi connectivity index (χ4n) is 2.04. The summed E-state index contributed by atoms with van der Waals surface area (Å²) in [6.45, 7) is 2.48. The van der Waals surface area contributed by atoms with Gasteiger partial charge in [-0.05, 0) is 59.3 Å². The number of methoxy groups -OCH3 is 1. The Labute approximate surface area is 154 Å². The zero-order valence-corrected chi connectivity index (χ0v) is 15.7. The van der Waals surface area contributed by atoms with E-state index in [2.05, 4.69) is 26.6 Å². The van der Waals surface area contributed by atoms with Crippen molar-refractivity contribution in [2.45, 2.75) is 6.92 Å². The van der Waals surface area contributed by atoms with Crippen LogP contribution in [0.5, 0.6) is 11.5 Å². The van der Waals surface area contributed by atoms with Crippen molar-refractivity contribution in [2.24, 2.45) is 0 Å². The number of carbonyl (C=O) groups is 1. The highest BCUT2D eigenvalue weighted by Gasteiger charge is 2.11. The molecule has 0 aliphatic rings. The number of rotatable bonds is 7. The van der Waals surface area contributed by atoms with Crippen molar-refractivity contribution in [3.63, 3.8) is 0 Å². The fourth-order valence-corrected chi connectivity index (χ4v) is 2.96. The van der Waals surface area contributed by atoms with Gasteiger partial charge in [0, 0.05) is 10.7 Å². The van der Waals surface area contributed by atoms with Crippen LogP contribution in [0, 0.1) is 0 Å². The number of hydrogen-bond donors (Lipinski definition) is 2. The second kappa shape index (κ2) is 8.80. The van der Waals surface area contributed by atoms with Crippen molar-refractivity contribution in [1.29, 1.82) is 0 Å². The maximum atomic E-state index is 12.1. The van der Waals surface area contributed by atoms with E-state index in [1.54, 1.807) is 43.5 Å². The first-order chi connectivity index (χ1) is 11.5. The number of halogens is 2. The molecular weight excluding hydrogens is 396 g/mol. The molecule has 0 spiro atoms. The minimum absolute atomic E-state index is 0.0822. The molecule has 0 saturated carbocycles. The van der Waals surface area contributed by atoms with Gasteiger partial charge in [-0.2, -0.15) is 0 Å². The quantitative estimate of drug-likeness (QED) is 0.698. The van der Waals surface area contributed by atoms with Crippen LogP contribution in [-0.2, 0) is 4.79 Å². The van der Waals surface area contributed by atoms with Crippen LogP contribution in [0.2, 0.25) is 5.02 Å². The van der Waals surface area contributed by atoms with E-state index in [0.29, 0.717) is 28.8 Å². The summed E-state index contributed by atoms with van der Waals surface area (Å²) in [5.74, 6) is 1.18. The van der Waals surface area contributed by atoms with Gasteiger partial charge >= 0.3 is 0 Å². The molecule has 1 amide bonds. The molecule has 0 saturated heterocycles. The molecule has 128 valence electrons. The Morgan fingerprint density at radius 3 is 2.58 bits per heavy atom. The van der Waals surface area contributed by atoms with Gasteiger partial charge in [0.25, 0.3) is 0 Å². The van der Waals surface area contributed by atoms with Crippen LogP contribution in [0.15, 0.2) is 40.9 Å². The standard InChI is InChI=1S/C17H18BrClN2O3/c1-3-24-17-14(18)8-11(19)9-15(17)20-10-16(22)21-12-4-6-13(23-2)7-5-12/h4-9,20H,3,10H2,1-2H3,(H,21,22). The third-order valence-electron chi connectivity index (χ3n) is 3.11. The Bertz CT molecular complexity index is 708. The lowest BCUT2D eigenvalue weighted by Gasteiger charge is -2.14. The highest BCUT2D eigenvalue weighted by atomic mass is 79.9. The Balaban J connectivity index is 2.00. The molecule has 0 atom stereocenters. The second-order valence-corrected chi connectivity index (χ2v) is 6.12. The van der Waals surface area contributed by atoms with Crippen LogP contribution in [0.1, 0.15) is 6.92 Å². The normalized spacial score (nSPS) is 10.2. The lowest BCUT2D eigenvalue weighted by Crippen LogP contribution is -2.22. The van der Waals surface area contributed by atoms with E-state index in [9.17, 15) is 4.79 Å². The van der Waals surface area contributed by atoms with E-state index in [-0.39, 0.29) is 12.5 Å². The molecule has 0 unspecified atom stereocenters. The fraction of sp³-hybridized carbons (Fsp3) is 0.235. The molecular formula is C17H18BrClN2O3. The van der Waals surface area contributed by atoms with E-state index in [1.807, 2.05) is 6.92 Å². The Morgan fingerprint density at radius 1 is 1.25 bits per heavy atom. The van der Waals surface area contributed by atoms with E-state index < -0.39 is 0 Å². The van der Waals surface area contributed by atoms with Gasteiger partial charge in [0.05, 0.1) is 30.4 Å². The van der Waals surface area contributed by atoms with Crippen molar-refractivity contribution in [1.82, 2.24) is 0 Å². The first-order valence-corrected chi connectivity index (χ1v) is 8.50. The minimum Gasteiger partial charge on any atom is -0.497 e. The Kier molecular flexibility index (Phi) is 6.75. The number of anilines is 2. The molecule has 24 heavy (non-hydrogen) atoms. The number of nitrogens with one attached hydrogen (secondary N) is 2.